The summed E-state index contributed by atoms with van der Waals surface area (Å²) < 4.78 is 11.4. The number of hydrogen-bond donors (Lipinski definition) is 0. The number of methoxy groups -OCH3 is 1. The zero-order valence-electron chi connectivity index (χ0n) is 15.3. The van der Waals surface area contributed by atoms with Gasteiger partial charge in [-0.15, -0.1) is 9.24 Å². The van der Waals surface area contributed by atoms with Gasteiger partial charge in [-0.3, -0.25) is 0 Å². The maximum absolute atomic E-state index is 5.98. The maximum atomic E-state index is 5.98. The highest BCUT2D eigenvalue weighted by atomic mass is 31.0. The Morgan fingerprint density at radius 2 is 1.59 bits per heavy atom. The molecule has 0 aromatic heterocycles. The smallest absolute Gasteiger partial charge is 0.204 e. The molecule has 0 N–H and O–H groups in total. The molecule has 2 nitrogen and oxygen atoms in total. The highest BCUT2D eigenvalue weighted by Crippen LogP contribution is 2.34. The molecule has 3 atom stereocenters. The fraction of sp³-hybridized carbons (Fsp3) is 0.684. The van der Waals surface area contributed by atoms with Crippen molar-refractivity contribution in [2.75, 3.05) is 13.3 Å². The minimum Gasteiger partial charge on any atom is -0.464 e. The van der Waals surface area contributed by atoms with E-state index in [4.69, 9.17) is 9.47 Å². The predicted molar refractivity (Wildman–Crippen MR) is 98.7 cm³/mol. The van der Waals surface area contributed by atoms with Crippen LogP contribution in [0.5, 0.6) is 5.75 Å². The summed E-state index contributed by atoms with van der Waals surface area (Å²) >= 11 is 0. The molecule has 1 aromatic rings. The lowest BCUT2D eigenvalue weighted by Crippen LogP contribution is -2.33. The predicted octanol–water partition coefficient (Wildman–Crippen LogP) is 5.26. The molecule has 0 radical (unpaired) electrons. The molecule has 0 heterocycles. The molecule has 0 aliphatic carbocycles. The molecule has 0 bridgehead atoms. The zero-order valence-corrected chi connectivity index (χ0v) is 16.4. The fourth-order valence-electron chi connectivity index (χ4n) is 2.86. The fourth-order valence-corrected chi connectivity index (χ4v) is 3.26. The van der Waals surface area contributed by atoms with Crippen LogP contribution in [0.1, 0.15) is 53.5 Å². The summed E-state index contributed by atoms with van der Waals surface area (Å²) in [4.78, 5) is 0. The van der Waals surface area contributed by atoms with E-state index in [1.807, 2.05) is 0 Å². The second-order valence-corrected chi connectivity index (χ2v) is 8.35. The second kappa shape index (κ2) is 7.79. The van der Waals surface area contributed by atoms with Crippen LogP contribution in [0, 0.1) is 11.3 Å². The Bertz CT molecular complexity index is 447. The van der Waals surface area contributed by atoms with Crippen molar-refractivity contribution in [1.82, 2.24) is 0 Å². The Kier molecular flexibility index (Phi) is 6.89. The summed E-state index contributed by atoms with van der Waals surface area (Å²) in [5.74, 6) is 1.54. The highest BCUT2D eigenvalue weighted by Gasteiger charge is 2.28. The molecule has 1 aromatic carbocycles. The first-order chi connectivity index (χ1) is 10.1. The summed E-state index contributed by atoms with van der Waals surface area (Å²) in [6.45, 7) is 13.2. The van der Waals surface area contributed by atoms with Gasteiger partial charge < -0.3 is 9.47 Å². The van der Waals surface area contributed by atoms with Gasteiger partial charge >= 0.3 is 0 Å². The van der Waals surface area contributed by atoms with Crippen LogP contribution in [0.25, 0.3) is 0 Å². The van der Waals surface area contributed by atoms with Gasteiger partial charge in [0.15, 0.2) is 0 Å². The molecular formula is C19H33O2P. The van der Waals surface area contributed by atoms with Crippen LogP contribution < -0.4 is 4.74 Å². The van der Waals surface area contributed by atoms with E-state index in [2.05, 4.69) is 75.0 Å². The highest BCUT2D eigenvalue weighted by molar-refractivity contribution is 7.16. The van der Waals surface area contributed by atoms with Crippen molar-refractivity contribution in [1.29, 1.82) is 0 Å². The van der Waals surface area contributed by atoms with E-state index in [1.165, 1.54) is 12.0 Å². The van der Waals surface area contributed by atoms with Crippen molar-refractivity contribution in [2.45, 2.75) is 59.7 Å². The standard InChI is InChI=1S/C19H33O2P/c1-14(2)12-19(6,13-22)15-8-10-16(11-9-15)21-17(20-7)18(3,4)5/h8-11,14,17H,12-13,22H2,1-7H3. The van der Waals surface area contributed by atoms with E-state index in [9.17, 15) is 0 Å². The first-order valence-electron chi connectivity index (χ1n) is 8.12. The summed E-state index contributed by atoms with van der Waals surface area (Å²) in [6, 6.07) is 8.51. The van der Waals surface area contributed by atoms with Gasteiger partial charge in [-0.25, -0.2) is 0 Å². The van der Waals surface area contributed by atoms with Crippen LogP contribution >= 0.6 is 9.24 Å². The molecule has 1 rings (SSSR count). The molecule has 3 unspecified atom stereocenters. The van der Waals surface area contributed by atoms with E-state index < -0.39 is 0 Å². The van der Waals surface area contributed by atoms with Gasteiger partial charge in [-0.2, -0.15) is 0 Å². The largest absolute Gasteiger partial charge is 0.464 e. The van der Waals surface area contributed by atoms with Gasteiger partial charge in [-0.1, -0.05) is 53.7 Å². The number of hydrogen-bond acceptors (Lipinski definition) is 2. The molecule has 22 heavy (non-hydrogen) atoms. The van der Waals surface area contributed by atoms with Crippen molar-refractivity contribution in [3.63, 3.8) is 0 Å². The van der Waals surface area contributed by atoms with Gasteiger partial charge in [-0.05, 0) is 41.6 Å². The topological polar surface area (TPSA) is 18.5 Å². The average Bonchev–Trinajstić information content (AvgIpc) is 2.43. The third-order valence-corrected chi connectivity index (χ3v) is 4.93. The lowest BCUT2D eigenvalue weighted by Gasteiger charge is -2.32. The minimum atomic E-state index is -0.248. The van der Waals surface area contributed by atoms with Gasteiger partial charge in [0.1, 0.15) is 5.75 Å². The summed E-state index contributed by atoms with van der Waals surface area (Å²) in [7, 11) is 4.59. The van der Waals surface area contributed by atoms with Crippen LogP contribution in [0.4, 0.5) is 0 Å². The normalized spacial score (nSPS) is 16.4. The summed E-state index contributed by atoms with van der Waals surface area (Å²) in [5.41, 5.74) is 1.51. The van der Waals surface area contributed by atoms with E-state index >= 15 is 0 Å². The second-order valence-electron chi connectivity index (χ2n) is 7.94. The Morgan fingerprint density at radius 3 is 1.95 bits per heavy atom. The third kappa shape index (κ3) is 5.25. The molecule has 0 aliphatic rings. The van der Waals surface area contributed by atoms with Crippen molar-refractivity contribution in [3.05, 3.63) is 29.8 Å². The van der Waals surface area contributed by atoms with Gasteiger partial charge in [0.2, 0.25) is 6.29 Å². The number of benzene rings is 1. The monoisotopic (exact) mass is 324 g/mol. The first kappa shape index (κ1) is 19.5. The number of ether oxygens (including phenoxy) is 2. The average molecular weight is 324 g/mol. The Morgan fingerprint density at radius 1 is 1.05 bits per heavy atom. The SMILES string of the molecule is COC(Oc1ccc(C(C)(CP)CC(C)C)cc1)C(C)(C)C. The summed E-state index contributed by atoms with van der Waals surface area (Å²) in [5, 5.41) is 0. The minimum absolute atomic E-state index is 0.0559. The van der Waals surface area contributed by atoms with Crippen molar-refractivity contribution in [3.8, 4) is 5.75 Å². The molecule has 0 amide bonds. The lowest BCUT2D eigenvalue weighted by molar-refractivity contribution is -0.120. The van der Waals surface area contributed by atoms with Crippen molar-refractivity contribution >= 4 is 9.24 Å². The first-order valence-corrected chi connectivity index (χ1v) is 8.94. The molecule has 0 saturated carbocycles. The van der Waals surface area contributed by atoms with Gasteiger partial charge in [0.05, 0.1) is 0 Å². The Balaban J connectivity index is 2.90. The summed E-state index contributed by atoms with van der Waals surface area (Å²) in [6.07, 6.45) is 2.00. The van der Waals surface area contributed by atoms with Crippen LogP contribution in [0.2, 0.25) is 0 Å². The number of rotatable bonds is 7. The molecule has 126 valence electrons. The third-order valence-electron chi connectivity index (χ3n) is 4.02. The quantitative estimate of drug-likeness (QED) is 0.503. The molecule has 0 spiro atoms. The maximum Gasteiger partial charge on any atom is 0.204 e. The van der Waals surface area contributed by atoms with Crippen LogP contribution in [0.3, 0.4) is 0 Å². The van der Waals surface area contributed by atoms with E-state index in [-0.39, 0.29) is 17.1 Å². The van der Waals surface area contributed by atoms with Crippen LogP contribution in [-0.4, -0.2) is 19.6 Å². The van der Waals surface area contributed by atoms with Gasteiger partial charge in [0.25, 0.3) is 0 Å². The van der Waals surface area contributed by atoms with Crippen molar-refractivity contribution in [2.24, 2.45) is 11.3 Å². The molecule has 0 aliphatic heterocycles. The van der Waals surface area contributed by atoms with Crippen molar-refractivity contribution < 1.29 is 9.47 Å². The molecule has 0 fully saturated rings. The van der Waals surface area contributed by atoms with Crippen LogP contribution in [0.15, 0.2) is 24.3 Å². The van der Waals surface area contributed by atoms with E-state index in [1.54, 1.807) is 7.11 Å². The Hall–Kier alpha value is -0.590. The van der Waals surface area contributed by atoms with E-state index in [0.29, 0.717) is 5.92 Å². The van der Waals surface area contributed by atoms with Gasteiger partial charge in [0, 0.05) is 12.5 Å². The van der Waals surface area contributed by atoms with E-state index in [0.717, 1.165) is 11.9 Å². The Labute approximate surface area is 139 Å². The molecular weight excluding hydrogens is 291 g/mol. The lowest BCUT2D eigenvalue weighted by atomic mass is 9.77. The zero-order chi connectivity index (χ0) is 17.0. The molecule has 3 heteroatoms. The molecule has 0 saturated heterocycles. The van der Waals surface area contributed by atoms with Crippen LogP contribution in [-0.2, 0) is 10.2 Å².